The van der Waals surface area contributed by atoms with Crippen molar-refractivity contribution >= 4 is 58.3 Å². The number of hydrogen-bond donors (Lipinski definition) is 8. The normalized spacial score (nSPS) is 13.1. The van der Waals surface area contributed by atoms with Gasteiger partial charge in [0.25, 0.3) is 0 Å². The van der Waals surface area contributed by atoms with Gasteiger partial charge in [-0.2, -0.15) is 0 Å². The fourth-order valence-corrected chi connectivity index (χ4v) is 6.59. The van der Waals surface area contributed by atoms with Gasteiger partial charge in [0.2, 0.25) is 23.6 Å². The molecule has 17 nitrogen and oxygen atoms in total. The fraction of sp³-hybridized carbons (Fsp3) is 0.386. The van der Waals surface area contributed by atoms with Crippen LogP contribution in [0.4, 0.5) is 15.3 Å². The number of nitrogens with two attached hydrogens (primary N) is 1. The van der Waals surface area contributed by atoms with Crippen molar-refractivity contribution in [3.8, 4) is 0 Å². The molecule has 0 fully saturated rings. The van der Waals surface area contributed by atoms with E-state index >= 15 is 0 Å². The number of aryl methyl sites for hydroxylation is 1. The lowest BCUT2D eigenvalue weighted by Gasteiger charge is -2.30. The van der Waals surface area contributed by atoms with Gasteiger partial charge in [0, 0.05) is 49.2 Å². The Morgan fingerprint density at radius 1 is 0.803 bits per heavy atom. The Hall–Kier alpha value is -6.91. The number of carboxylic acids is 1. The van der Waals surface area contributed by atoms with E-state index in [1.807, 2.05) is 43.3 Å². The fourth-order valence-electron chi connectivity index (χ4n) is 6.59. The number of anilines is 1. The molecule has 0 aliphatic rings. The highest BCUT2D eigenvalue weighted by atomic mass is 16.6. The number of aromatic nitrogens is 1. The standard InChI is InChI=1S/C44H56N8O9/c1-27-15-9-11-19-31(27)50-42(59)46-22-14-13-21-33(39(56)49-35(25-37(53)54)41(58)52(5)36(38(45)55)23-28-16-7-6-8-17-28)48-40(57)34(51-43(60)61-44(2,3)4)24-29-26-47-32-20-12-10-18-30(29)32/h6-12,15-20,26,33-36,47H,13-14,21-25H2,1-5H3,(H2,45,55)(H,48,57)(H,49,56)(H,51,60)(H,53,54)(H2,46,50,59). The second-order valence-corrected chi connectivity index (χ2v) is 15.7. The number of nitrogens with zero attached hydrogens (tertiary/aromatic N) is 1. The number of benzene rings is 3. The van der Waals surface area contributed by atoms with Crippen LogP contribution in [0.2, 0.25) is 0 Å². The van der Waals surface area contributed by atoms with E-state index in [1.54, 1.807) is 69.4 Å². The molecule has 0 aliphatic heterocycles. The third kappa shape index (κ3) is 14.7. The van der Waals surface area contributed by atoms with Crippen LogP contribution in [0.15, 0.2) is 85.1 Å². The predicted octanol–water partition coefficient (Wildman–Crippen LogP) is 3.90. The van der Waals surface area contributed by atoms with Gasteiger partial charge in [-0.25, -0.2) is 9.59 Å². The molecule has 4 atom stereocenters. The molecular formula is C44H56N8O9. The summed E-state index contributed by atoms with van der Waals surface area (Å²) >= 11 is 0. The maximum absolute atomic E-state index is 14.2. The summed E-state index contributed by atoms with van der Waals surface area (Å²) in [6, 6.07) is 17.5. The van der Waals surface area contributed by atoms with Crippen molar-refractivity contribution in [1.82, 2.24) is 31.2 Å². The summed E-state index contributed by atoms with van der Waals surface area (Å²) in [5, 5.41) is 24.0. The number of ether oxygens (including phenoxy) is 1. The Bertz CT molecular complexity index is 2170. The number of carbonyl (C=O) groups excluding carboxylic acids is 6. The number of H-pyrrole nitrogens is 1. The van der Waals surface area contributed by atoms with E-state index in [0.717, 1.165) is 21.4 Å². The average Bonchev–Trinajstić information content (AvgIpc) is 3.61. The van der Waals surface area contributed by atoms with Crippen molar-refractivity contribution in [3.05, 3.63) is 102 Å². The van der Waals surface area contributed by atoms with Crippen LogP contribution in [0, 0.1) is 6.92 Å². The smallest absolute Gasteiger partial charge is 0.408 e. The van der Waals surface area contributed by atoms with Crippen LogP contribution in [-0.4, -0.2) is 100 Å². The number of aliphatic carboxylic acids is 1. The minimum absolute atomic E-state index is 0.00973. The highest BCUT2D eigenvalue weighted by Gasteiger charge is 2.35. The summed E-state index contributed by atoms with van der Waals surface area (Å²) in [6.45, 7) is 7.06. The Kier molecular flexibility index (Phi) is 16.8. The molecule has 9 N–H and O–H groups in total. The number of fused-ring (bicyclic) bond motifs is 1. The van der Waals surface area contributed by atoms with Crippen molar-refractivity contribution in [3.63, 3.8) is 0 Å². The van der Waals surface area contributed by atoms with Crippen LogP contribution in [0.5, 0.6) is 0 Å². The molecule has 0 aliphatic carbocycles. The van der Waals surface area contributed by atoms with E-state index in [4.69, 9.17) is 10.5 Å². The molecule has 7 amide bonds. The number of hydrogen-bond acceptors (Lipinski definition) is 8. The topological polar surface area (TPSA) is 254 Å². The number of unbranched alkanes of at least 4 members (excludes halogenated alkanes) is 1. The quantitative estimate of drug-likeness (QED) is 0.0600. The highest BCUT2D eigenvalue weighted by molar-refractivity contribution is 5.97. The summed E-state index contributed by atoms with van der Waals surface area (Å²) in [5.41, 5.74) is 8.49. The van der Waals surface area contributed by atoms with Crippen molar-refractivity contribution in [2.75, 3.05) is 18.9 Å². The van der Waals surface area contributed by atoms with Crippen molar-refractivity contribution < 1.29 is 43.4 Å². The number of rotatable bonds is 20. The Balaban J connectivity index is 1.56. The SMILES string of the molecule is Cc1ccccc1NC(=O)NCCCCC(NC(=O)C(Cc1c[nH]c2ccccc12)NC(=O)OC(C)(C)C)C(=O)NC(CC(=O)O)C(=O)N(C)C(Cc1ccccc1)C(N)=O. The van der Waals surface area contributed by atoms with Crippen molar-refractivity contribution in [1.29, 1.82) is 0 Å². The lowest BCUT2D eigenvalue weighted by atomic mass is 10.0. The molecule has 3 aromatic carbocycles. The average molecular weight is 841 g/mol. The number of likely N-dealkylation sites (N-methyl/N-ethyl adjacent to an activating group) is 1. The number of alkyl carbamates (subject to hydrolysis) is 1. The summed E-state index contributed by atoms with van der Waals surface area (Å²) in [6.07, 6.45) is 0.614. The first-order valence-electron chi connectivity index (χ1n) is 20.0. The molecule has 326 valence electrons. The molecular weight excluding hydrogens is 785 g/mol. The molecule has 0 spiro atoms. The summed E-state index contributed by atoms with van der Waals surface area (Å²) in [4.78, 5) is 96.6. The van der Waals surface area contributed by atoms with Gasteiger partial charge >= 0.3 is 18.1 Å². The van der Waals surface area contributed by atoms with Gasteiger partial charge in [0.15, 0.2) is 0 Å². The van der Waals surface area contributed by atoms with Crippen LogP contribution in [0.25, 0.3) is 10.9 Å². The largest absolute Gasteiger partial charge is 0.481 e. The van der Waals surface area contributed by atoms with Crippen LogP contribution in [0.1, 0.15) is 63.1 Å². The molecule has 0 saturated carbocycles. The lowest BCUT2D eigenvalue weighted by molar-refractivity contribution is -0.146. The zero-order chi connectivity index (χ0) is 44.7. The third-order valence-electron chi connectivity index (χ3n) is 9.75. The Labute approximate surface area is 354 Å². The monoisotopic (exact) mass is 840 g/mol. The Morgan fingerprint density at radius 3 is 2.11 bits per heavy atom. The zero-order valence-corrected chi connectivity index (χ0v) is 35.1. The number of carboxylic acid groups (broad SMARTS) is 1. The number of aromatic amines is 1. The number of primary amides is 1. The minimum atomic E-state index is -1.67. The molecule has 4 aromatic rings. The first-order valence-corrected chi connectivity index (χ1v) is 20.0. The Morgan fingerprint density at radius 2 is 1.44 bits per heavy atom. The number of nitrogens with one attached hydrogen (secondary N) is 6. The van der Waals surface area contributed by atoms with Crippen LogP contribution < -0.4 is 32.3 Å². The van der Waals surface area contributed by atoms with Gasteiger partial charge in [-0.05, 0) is 75.8 Å². The van der Waals surface area contributed by atoms with Gasteiger partial charge in [-0.15, -0.1) is 0 Å². The van der Waals surface area contributed by atoms with Crippen molar-refractivity contribution in [2.45, 2.75) is 96.0 Å². The van der Waals surface area contributed by atoms with Crippen LogP contribution in [0.3, 0.4) is 0 Å². The maximum Gasteiger partial charge on any atom is 0.408 e. The van der Waals surface area contributed by atoms with E-state index in [2.05, 4.69) is 31.6 Å². The van der Waals surface area contributed by atoms with E-state index in [-0.39, 0.29) is 32.2 Å². The number of para-hydroxylation sites is 2. The minimum Gasteiger partial charge on any atom is -0.481 e. The summed E-state index contributed by atoms with van der Waals surface area (Å²) in [5.74, 6) is -4.81. The van der Waals surface area contributed by atoms with Gasteiger partial charge in [-0.1, -0.05) is 66.7 Å². The molecule has 61 heavy (non-hydrogen) atoms. The van der Waals surface area contributed by atoms with E-state index in [1.165, 1.54) is 7.05 Å². The lowest BCUT2D eigenvalue weighted by Crippen LogP contribution is -2.59. The first-order chi connectivity index (χ1) is 28.9. The maximum atomic E-state index is 14.2. The van der Waals surface area contributed by atoms with Gasteiger partial charge < -0.3 is 52.0 Å². The molecule has 1 aromatic heterocycles. The highest BCUT2D eigenvalue weighted by Crippen LogP contribution is 2.20. The second-order valence-electron chi connectivity index (χ2n) is 15.7. The van der Waals surface area contributed by atoms with Crippen LogP contribution >= 0.6 is 0 Å². The zero-order valence-electron chi connectivity index (χ0n) is 35.1. The molecule has 4 rings (SSSR count). The summed E-state index contributed by atoms with van der Waals surface area (Å²) < 4.78 is 5.46. The first kappa shape index (κ1) is 46.8. The van der Waals surface area contributed by atoms with E-state index < -0.39 is 77.9 Å². The van der Waals surface area contributed by atoms with Gasteiger partial charge in [0.05, 0.1) is 6.42 Å². The number of urea groups is 1. The second kappa shape index (κ2) is 21.9. The predicted molar refractivity (Wildman–Crippen MR) is 229 cm³/mol. The number of amides is 7. The molecule has 1 heterocycles. The van der Waals surface area contributed by atoms with E-state index in [0.29, 0.717) is 23.2 Å². The third-order valence-corrected chi connectivity index (χ3v) is 9.75. The van der Waals surface area contributed by atoms with Crippen LogP contribution in [-0.2, 0) is 41.6 Å². The molecule has 0 bridgehead atoms. The molecule has 4 unspecified atom stereocenters. The molecule has 0 saturated heterocycles. The summed E-state index contributed by atoms with van der Waals surface area (Å²) in [7, 11) is 1.29. The van der Waals surface area contributed by atoms with E-state index in [9.17, 15) is 38.7 Å². The van der Waals surface area contributed by atoms with Crippen molar-refractivity contribution in [2.24, 2.45) is 5.73 Å². The molecule has 0 radical (unpaired) electrons. The number of carbonyl (C=O) groups is 7. The van der Waals surface area contributed by atoms with Gasteiger partial charge in [-0.3, -0.25) is 24.0 Å². The van der Waals surface area contributed by atoms with Gasteiger partial charge in [0.1, 0.15) is 29.8 Å². The molecule has 17 heteroatoms.